The minimum atomic E-state index is -0.454. The number of primary amides is 1. The largest absolute Gasteiger partial charge is 0.366 e. The molecule has 1 aliphatic heterocycles. The monoisotopic (exact) mass is 357 g/mol. The third-order valence-electron chi connectivity index (χ3n) is 4.18. The number of thioether (sulfide) groups is 1. The number of benzene rings is 1. The summed E-state index contributed by atoms with van der Waals surface area (Å²) >= 11 is 3.54. The van der Waals surface area contributed by atoms with E-state index in [4.69, 9.17) is 5.73 Å². The molecule has 122 valence electrons. The molecule has 3 aromatic rings. The van der Waals surface area contributed by atoms with Crippen molar-refractivity contribution in [2.24, 2.45) is 5.73 Å². The SMILES string of the molecule is NC(=O)c1ccc(Cn2cnc3sc4c(c3c2=O)CCSC4)cc1. The van der Waals surface area contributed by atoms with Crippen LogP contribution in [0.1, 0.15) is 26.4 Å². The molecule has 4 rings (SSSR count). The second-order valence-electron chi connectivity index (χ2n) is 5.73. The van der Waals surface area contributed by atoms with Crippen molar-refractivity contribution in [3.8, 4) is 0 Å². The number of carbonyl (C=O) groups is 1. The van der Waals surface area contributed by atoms with E-state index in [2.05, 4.69) is 4.98 Å². The summed E-state index contributed by atoms with van der Waals surface area (Å²) in [4.78, 5) is 30.6. The van der Waals surface area contributed by atoms with Gasteiger partial charge < -0.3 is 5.73 Å². The van der Waals surface area contributed by atoms with Crippen LogP contribution in [-0.4, -0.2) is 21.2 Å². The summed E-state index contributed by atoms with van der Waals surface area (Å²) in [5, 5.41) is 0.784. The van der Waals surface area contributed by atoms with Gasteiger partial charge in [-0.25, -0.2) is 4.98 Å². The zero-order chi connectivity index (χ0) is 16.7. The number of aryl methyl sites for hydroxylation is 1. The average molecular weight is 357 g/mol. The number of carbonyl (C=O) groups excluding carboxylic acids is 1. The number of thiophene rings is 1. The number of aromatic nitrogens is 2. The van der Waals surface area contributed by atoms with Gasteiger partial charge in [-0.05, 0) is 35.4 Å². The molecule has 24 heavy (non-hydrogen) atoms. The van der Waals surface area contributed by atoms with Crippen LogP contribution in [-0.2, 0) is 18.7 Å². The molecule has 5 nitrogen and oxygen atoms in total. The van der Waals surface area contributed by atoms with E-state index >= 15 is 0 Å². The molecule has 1 aliphatic rings. The van der Waals surface area contributed by atoms with Crippen LogP contribution in [0.4, 0.5) is 0 Å². The molecule has 1 amide bonds. The molecule has 0 atom stereocenters. The molecule has 3 heterocycles. The minimum absolute atomic E-state index is 0.0170. The predicted molar refractivity (Wildman–Crippen MR) is 97.8 cm³/mol. The van der Waals surface area contributed by atoms with Gasteiger partial charge in [0.1, 0.15) is 4.83 Å². The van der Waals surface area contributed by atoms with Gasteiger partial charge in [0, 0.05) is 16.2 Å². The first-order valence-electron chi connectivity index (χ1n) is 7.59. The van der Waals surface area contributed by atoms with Gasteiger partial charge >= 0.3 is 0 Å². The molecule has 2 N–H and O–H groups in total. The van der Waals surface area contributed by atoms with E-state index in [1.165, 1.54) is 10.4 Å². The first-order chi connectivity index (χ1) is 11.6. The lowest BCUT2D eigenvalue weighted by Crippen LogP contribution is -2.22. The van der Waals surface area contributed by atoms with Gasteiger partial charge in [-0.15, -0.1) is 11.3 Å². The van der Waals surface area contributed by atoms with Crippen LogP contribution in [0.2, 0.25) is 0 Å². The maximum absolute atomic E-state index is 12.9. The Balaban J connectivity index is 1.73. The van der Waals surface area contributed by atoms with Gasteiger partial charge in [-0.1, -0.05) is 12.1 Å². The normalized spacial score (nSPS) is 13.8. The van der Waals surface area contributed by atoms with E-state index in [1.54, 1.807) is 34.4 Å². The van der Waals surface area contributed by atoms with Crippen molar-refractivity contribution in [2.75, 3.05) is 5.75 Å². The minimum Gasteiger partial charge on any atom is -0.366 e. The van der Waals surface area contributed by atoms with E-state index in [9.17, 15) is 9.59 Å². The van der Waals surface area contributed by atoms with E-state index in [0.717, 1.165) is 33.7 Å². The van der Waals surface area contributed by atoms with Gasteiger partial charge in [0.15, 0.2) is 0 Å². The number of rotatable bonds is 3. The van der Waals surface area contributed by atoms with Gasteiger partial charge in [0.2, 0.25) is 5.91 Å². The Labute approximate surface area is 146 Å². The molecule has 0 saturated heterocycles. The Hall–Kier alpha value is -2.12. The lowest BCUT2D eigenvalue weighted by Gasteiger charge is -2.10. The van der Waals surface area contributed by atoms with Crippen LogP contribution in [0, 0.1) is 0 Å². The fourth-order valence-corrected chi connectivity index (χ4v) is 5.24. The third-order valence-corrected chi connectivity index (χ3v) is 6.49. The summed E-state index contributed by atoms with van der Waals surface area (Å²) in [5.41, 5.74) is 7.85. The highest BCUT2D eigenvalue weighted by molar-refractivity contribution is 7.98. The molecule has 0 radical (unpaired) electrons. The molecule has 0 saturated carbocycles. The second-order valence-corrected chi connectivity index (χ2v) is 7.91. The summed E-state index contributed by atoms with van der Waals surface area (Å²) in [5.74, 6) is 1.58. The van der Waals surface area contributed by atoms with Crippen molar-refractivity contribution in [1.82, 2.24) is 9.55 Å². The second kappa shape index (κ2) is 6.07. The number of amides is 1. The number of nitrogens with two attached hydrogens (primary N) is 1. The lowest BCUT2D eigenvalue weighted by molar-refractivity contribution is 0.100. The zero-order valence-corrected chi connectivity index (χ0v) is 14.5. The Morgan fingerprint density at radius 1 is 1.29 bits per heavy atom. The Morgan fingerprint density at radius 3 is 2.83 bits per heavy atom. The summed E-state index contributed by atoms with van der Waals surface area (Å²) in [6.45, 7) is 0.431. The molecule has 0 bridgehead atoms. The standard InChI is InChI=1S/C17H15N3O2S2/c18-15(21)11-3-1-10(2-4-11)7-20-9-19-16-14(17(20)22)12-5-6-23-8-13(12)24-16/h1-4,9H,5-8H2,(H2,18,21). The van der Waals surface area contributed by atoms with Gasteiger partial charge in [0.25, 0.3) is 5.56 Å². The lowest BCUT2D eigenvalue weighted by atomic mass is 10.1. The van der Waals surface area contributed by atoms with Crippen molar-refractivity contribution < 1.29 is 4.79 Å². The molecule has 2 aromatic heterocycles. The quantitative estimate of drug-likeness (QED) is 0.781. The Morgan fingerprint density at radius 2 is 2.08 bits per heavy atom. The summed E-state index contributed by atoms with van der Waals surface area (Å²) in [6.07, 6.45) is 2.55. The van der Waals surface area contributed by atoms with Crippen LogP contribution >= 0.6 is 23.1 Å². The molecule has 0 aliphatic carbocycles. The van der Waals surface area contributed by atoms with E-state index in [0.29, 0.717) is 12.1 Å². The van der Waals surface area contributed by atoms with Crippen LogP contribution < -0.4 is 11.3 Å². The smallest absolute Gasteiger partial charge is 0.262 e. The van der Waals surface area contributed by atoms with Crippen molar-refractivity contribution in [1.29, 1.82) is 0 Å². The van der Waals surface area contributed by atoms with Crippen molar-refractivity contribution in [3.05, 3.63) is 62.5 Å². The number of fused-ring (bicyclic) bond motifs is 3. The summed E-state index contributed by atoms with van der Waals surface area (Å²) in [7, 11) is 0. The van der Waals surface area contributed by atoms with Gasteiger partial charge in [-0.2, -0.15) is 11.8 Å². The third kappa shape index (κ3) is 2.63. The molecular formula is C17H15N3O2S2. The van der Waals surface area contributed by atoms with Crippen molar-refractivity contribution in [3.63, 3.8) is 0 Å². The molecule has 0 spiro atoms. The molecule has 0 fully saturated rings. The Bertz CT molecular complexity index is 989. The number of hydrogen-bond donors (Lipinski definition) is 1. The van der Waals surface area contributed by atoms with Gasteiger partial charge in [0.05, 0.1) is 18.3 Å². The number of nitrogens with zero attached hydrogens (tertiary/aromatic N) is 2. The molecule has 0 unspecified atom stereocenters. The molecule has 7 heteroatoms. The molecular weight excluding hydrogens is 342 g/mol. The van der Waals surface area contributed by atoms with Gasteiger partial charge in [-0.3, -0.25) is 14.2 Å². The fraction of sp³-hybridized carbons (Fsp3) is 0.235. The first-order valence-corrected chi connectivity index (χ1v) is 9.57. The predicted octanol–water partition coefficient (Wildman–Crippen LogP) is 2.39. The highest BCUT2D eigenvalue weighted by Gasteiger charge is 2.20. The number of hydrogen-bond acceptors (Lipinski definition) is 5. The van der Waals surface area contributed by atoms with E-state index < -0.39 is 5.91 Å². The zero-order valence-electron chi connectivity index (χ0n) is 12.8. The topological polar surface area (TPSA) is 78.0 Å². The highest BCUT2D eigenvalue weighted by atomic mass is 32.2. The van der Waals surface area contributed by atoms with Crippen LogP contribution in [0.25, 0.3) is 10.2 Å². The van der Waals surface area contributed by atoms with Crippen molar-refractivity contribution >= 4 is 39.2 Å². The van der Waals surface area contributed by atoms with E-state index in [-0.39, 0.29) is 5.56 Å². The average Bonchev–Trinajstić information content (AvgIpc) is 2.97. The molecule has 1 aromatic carbocycles. The van der Waals surface area contributed by atoms with Crippen LogP contribution in [0.15, 0.2) is 35.4 Å². The first kappa shape index (κ1) is 15.4. The van der Waals surface area contributed by atoms with Crippen LogP contribution in [0.5, 0.6) is 0 Å². The van der Waals surface area contributed by atoms with Crippen LogP contribution in [0.3, 0.4) is 0 Å². The van der Waals surface area contributed by atoms with E-state index in [1.807, 2.05) is 23.9 Å². The summed E-state index contributed by atoms with van der Waals surface area (Å²) in [6, 6.07) is 6.99. The maximum Gasteiger partial charge on any atom is 0.262 e. The van der Waals surface area contributed by atoms with Crippen molar-refractivity contribution in [2.45, 2.75) is 18.7 Å². The maximum atomic E-state index is 12.9. The Kier molecular flexibility index (Phi) is 3.90. The summed E-state index contributed by atoms with van der Waals surface area (Å²) < 4.78 is 1.64. The fourth-order valence-electron chi connectivity index (χ4n) is 2.93. The highest BCUT2D eigenvalue weighted by Crippen LogP contribution is 2.35.